The number of carboxylic acids is 1. The molecular weight excluding hydrogens is 412 g/mol. The summed E-state index contributed by atoms with van der Waals surface area (Å²) < 4.78 is 0. The zero-order valence-electron chi connectivity index (χ0n) is 17.8. The van der Waals surface area contributed by atoms with Crippen molar-refractivity contribution in [3.63, 3.8) is 0 Å². The number of carbonyl (C=O) groups is 4. The molecule has 0 bridgehead atoms. The van der Waals surface area contributed by atoms with Crippen LogP contribution in [0.2, 0.25) is 0 Å². The molecule has 4 atom stereocenters. The lowest BCUT2D eigenvalue weighted by Crippen LogP contribution is -2.57. The average molecular weight is 447 g/mol. The third kappa shape index (κ3) is 8.88. The Balaban J connectivity index is 2.85. The van der Waals surface area contributed by atoms with Crippen molar-refractivity contribution in [1.82, 2.24) is 21.3 Å². The molecule has 4 unspecified atom stereocenters. The summed E-state index contributed by atoms with van der Waals surface area (Å²) in [7, 11) is 0. The average Bonchev–Trinajstić information content (AvgIpc) is 3.22. The van der Waals surface area contributed by atoms with E-state index in [0.29, 0.717) is 18.6 Å². The number of aliphatic hydroxyl groups excluding tert-OH is 1. The highest BCUT2D eigenvalue weighted by molar-refractivity contribution is 7.98. The lowest BCUT2D eigenvalue weighted by molar-refractivity contribution is -0.143. The normalized spacial score (nSPS) is 19.0. The molecule has 10 nitrogen and oxygen atoms in total. The molecule has 0 radical (unpaired) electrons. The van der Waals surface area contributed by atoms with E-state index in [1.807, 2.05) is 20.1 Å². The van der Waals surface area contributed by atoms with Crippen LogP contribution in [0.15, 0.2) is 0 Å². The van der Waals surface area contributed by atoms with E-state index in [1.54, 1.807) is 0 Å². The van der Waals surface area contributed by atoms with Crippen LogP contribution in [0.4, 0.5) is 0 Å². The Morgan fingerprint density at radius 1 is 1.07 bits per heavy atom. The molecule has 0 aromatic carbocycles. The van der Waals surface area contributed by atoms with Gasteiger partial charge in [-0.2, -0.15) is 11.8 Å². The minimum absolute atomic E-state index is 0.127. The van der Waals surface area contributed by atoms with Crippen molar-refractivity contribution < 1.29 is 29.4 Å². The van der Waals surface area contributed by atoms with Crippen LogP contribution in [0.25, 0.3) is 0 Å². The van der Waals surface area contributed by atoms with E-state index in [4.69, 9.17) is 10.2 Å². The molecule has 0 aliphatic carbocycles. The molecule has 0 aromatic heterocycles. The van der Waals surface area contributed by atoms with Crippen molar-refractivity contribution in [3.8, 4) is 0 Å². The van der Waals surface area contributed by atoms with Gasteiger partial charge in [-0.05, 0) is 50.2 Å². The lowest BCUT2D eigenvalue weighted by Gasteiger charge is -2.25. The zero-order valence-corrected chi connectivity index (χ0v) is 18.6. The Morgan fingerprint density at radius 2 is 1.70 bits per heavy atom. The van der Waals surface area contributed by atoms with Crippen molar-refractivity contribution >= 4 is 35.5 Å². The molecule has 1 saturated heterocycles. The number of nitrogens with one attached hydrogen (secondary N) is 4. The van der Waals surface area contributed by atoms with Gasteiger partial charge in [0.15, 0.2) is 0 Å². The molecule has 6 N–H and O–H groups in total. The number of thioether (sulfide) groups is 1. The first-order valence-corrected chi connectivity index (χ1v) is 11.6. The number of hydrogen-bond acceptors (Lipinski definition) is 7. The van der Waals surface area contributed by atoms with Gasteiger partial charge in [0, 0.05) is 0 Å². The number of carboxylic acid groups (broad SMARTS) is 1. The van der Waals surface area contributed by atoms with Crippen LogP contribution in [0.1, 0.15) is 39.5 Å². The number of aliphatic hydroxyl groups is 1. The fourth-order valence-corrected chi connectivity index (χ4v) is 3.59. The molecule has 11 heteroatoms. The predicted molar refractivity (Wildman–Crippen MR) is 114 cm³/mol. The second-order valence-corrected chi connectivity index (χ2v) is 8.75. The summed E-state index contributed by atoms with van der Waals surface area (Å²) in [5.41, 5.74) is 0. The second kappa shape index (κ2) is 13.5. The summed E-state index contributed by atoms with van der Waals surface area (Å²) in [5, 5.41) is 28.9. The third-order valence-corrected chi connectivity index (χ3v) is 5.40. The highest BCUT2D eigenvalue weighted by Gasteiger charge is 2.31. The van der Waals surface area contributed by atoms with Crippen molar-refractivity contribution in [2.45, 2.75) is 63.7 Å². The van der Waals surface area contributed by atoms with E-state index >= 15 is 0 Å². The fourth-order valence-electron chi connectivity index (χ4n) is 3.12. The second-order valence-electron chi connectivity index (χ2n) is 7.76. The number of carbonyl (C=O) groups excluding carboxylic acids is 3. The monoisotopic (exact) mass is 446 g/mol. The summed E-state index contributed by atoms with van der Waals surface area (Å²) in [6.45, 7) is 3.85. The molecule has 1 heterocycles. The Bertz CT molecular complexity index is 598. The van der Waals surface area contributed by atoms with E-state index < -0.39 is 42.5 Å². The van der Waals surface area contributed by atoms with Crippen LogP contribution in [-0.4, -0.2) is 83.2 Å². The van der Waals surface area contributed by atoms with Crippen molar-refractivity contribution in [1.29, 1.82) is 0 Å². The molecule has 0 spiro atoms. The van der Waals surface area contributed by atoms with E-state index in [-0.39, 0.29) is 24.3 Å². The summed E-state index contributed by atoms with van der Waals surface area (Å²) >= 11 is 1.48. The molecule has 1 aliphatic heterocycles. The highest BCUT2D eigenvalue weighted by Crippen LogP contribution is 2.10. The minimum atomic E-state index is -1.45. The molecule has 172 valence electrons. The van der Waals surface area contributed by atoms with Crippen LogP contribution < -0.4 is 21.3 Å². The van der Waals surface area contributed by atoms with Gasteiger partial charge in [0.05, 0.1) is 12.6 Å². The fraction of sp³-hybridized carbons (Fsp3) is 0.789. The SMILES string of the molecule is CSCCC(NC(=O)C(CC(C)C)NC(=O)C1CCCN1)C(=O)NC(CO)C(=O)O. The number of amides is 3. The first kappa shape index (κ1) is 26.2. The highest BCUT2D eigenvalue weighted by atomic mass is 32.2. The van der Waals surface area contributed by atoms with Crippen molar-refractivity contribution in [3.05, 3.63) is 0 Å². The van der Waals surface area contributed by atoms with Crippen LogP contribution in [0, 0.1) is 5.92 Å². The van der Waals surface area contributed by atoms with Crippen LogP contribution in [-0.2, 0) is 19.2 Å². The number of hydrogen-bond donors (Lipinski definition) is 6. The third-order valence-electron chi connectivity index (χ3n) is 4.76. The van der Waals surface area contributed by atoms with E-state index in [1.165, 1.54) is 11.8 Å². The van der Waals surface area contributed by atoms with Crippen LogP contribution in [0.3, 0.4) is 0 Å². The standard InChI is InChI=1S/C19H34N4O6S/c1-11(2)9-14(22-16(25)12-5-4-7-20-12)18(27)21-13(6-8-30-3)17(26)23-15(10-24)19(28)29/h11-15,20,24H,4-10H2,1-3H3,(H,21,27)(H,22,25)(H,23,26)(H,28,29). The van der Waals surface area contributed by atoms with E-state index in [2.05, 4.69) is 21.3 Å². The first-order chi connectivity index (χ1) is 14.2. The Morgan fingerprint density at radius 3 is 2.20 bits per heavy atom. The minimum Gasteiger partial charge on any atom is -0.480 e. The zero-order chi connectivity index (χ0) is 22.7. The number of rotatable bonds is 13. The summed E-state index contributed by atoms with van der Waals surface area (Å²) in [6.07, 6.45) is 4.13. The van der Waals surface area contributed by atoms with Gasteiger partial charge in [-0.25, -0.2) is 4.79 Å². The van der Waals surface area contributed by atoms with Gasteiger partial charge in [-0.1, -0.05) is 13.8 Å². The molecule has 0 aromatic rings. The van der Waals surface area contributed by atoms with Gasteiger partial charge in [0.25, 0.3) is 0 Å². The predicted octanol–water partition coefficient (Wildman–Crippen LogP) is -0.931. The van der Waals surface area contributed by atoms with Gasteiger partial charge in [-0.15, -0.1) is 0 Å². The molecule has 30 heavy (non-hydrogen) atoms. The van der Waals surface area contributed by atoms with Crippen LogP contribution >= 0.6 is 11.8 Å². The summed E-state index contributed by atoms with van der Waals surface area (Å²) in [5.74, 6) is -2.11. The summed E-state index contributed by atoms with van der Waals surface area (Å²) in [4.78, 5) is 49.0. The maximum Gasteiger partial charge on any atom is 0.328 e. The Labute approximate surface area is 181 Å². The quantitative estimate of drug-likeness (QED) is 0.212. The summed E-state index contributed by atoms with van der Waals surface area (Å²) in [6, 6.07) is -3.57. The maximum atomic E-state index is 12.9. The van der Waals surface area contributed by atoms with E-state index in [0.717, 1.165) is 13.0 Å². The first-order valence-electron chi connectivity index (χ1n) is 10.2. The van der Waals surface area contributed by atoms with Crippen molar-refractivity contribution in [2.24, 2.45) is 5.92 Å². The van der Waals surface area contributed by atoms with Gasteiger partial charge in [-0.3, -0.25) is 14.4 Å². The smallest absolute Gasteiger partial charge is 0.328 e. The molecule has 1 aliphatic rings. The molecule has 0 saturated carbocycles. The molecular formula is C19H34N4O6S. The maximum absolute atomic E-state index is 12.9. The number of aliphatic carboxylic acids is 1. The van der Waals surface area contributed by atoms with Gasteiger partial charge in [0.1, 0.15) is 18.1 Å². The molecule has 3 amide bonds. The molecule has 1 fully saturated rings. The van der Waals surface area contributed by atoms with Crippen molar-refractivity contribution in [2.75, 3.05) is 25.2 Å². The van der Waals surface area contributed by atoms with Gasteiger partial charge < -0.3 is 31.5 Å². The van der Waals surface area contributed by atoms with Crippen LogP contribution in [0.5, 0.6) is 0 Å². The lowest BCUT2D eigenvalue weighted by atomic mass is 10.0. The topological polar surface area (TPSA) is 157 Å². The Kier molecular flexibility index (Phi) is 11.7. The molecule has 1 rings (SSSR count). The largest absolute Gasteiger partial charge is 0.480 e. The van der Waals surface area contributed by atoms with Gasteiger partial charge in [0.2, 0.25) is 17.7 Å². The Hall–Kier alpha value is -1.85. The van der Waals surface area contributed by atoms with Gasteiger partial charge >= 0.3 is 5.97 Å². The van der Waals surface area contributed by atoms with E-state index in [9.17, 15) is 19.2 Å².